The fourth-order valence-corrected chi connectivity index (χ4v) is 5.94. The smallest absolute Gasteiger partial charge is 0.264 e. The van der Waals surface area contributed by atoms with Gasteiger partial charge in [-0.15, -0.1) is 0 Å². The van der Waals surface area contributed by atoms with Crippen LogP contribution in [-0.2, 0) is 22.6 Å². The number of nitrogens with one attached hydrogen (secondary N) is 3. The van der Waals surface area contributed by atoms with Crippen LogP contribution in [0, 0.1) is 6.92 Å². The maximum atomic E-state index is 13.6. The SMILES string of the molecule is Cc1nc2cccc(NCc3ccc(CC4CNCCS4)cc3)c2c(=O)n1C1CCC(=O)NC1=O. The van der Waals surface area contributed by atoms with Crippen LogP contribution in [0.15, 0.2) is 47.3 Å². The van der Waals surface area contributed by atoms with E-state index in [1.807, 2.05) is 23.9 Å². The van der Waals surface area contributed by atoms with E-state index >= 15 is 0 Å². The zero-order chi connectivity index (χ0) is 24.4. The fraction of sp³-hybridized carbons (Fsp3) is 0.385. The average Bonchev–Trinajstić information content (AvgIpc) is 2.85. The summed E-state index contributed by atoms with van der Waals surface area (Å²) in [5, 5.41) is 10.2. The van der Waals surface area contributed by atoms with E-state index in [4.69, 9.17) is 0 Å². The van der Waals surface area contributed by atoms with Crippen LogP contribution in [-0.4, -0.2) is 45.5 Å². The number of hydrogen-bond acceptors (Lipinski definition) is 7. The summed E-state index contributed by atoms with van der Waals surface area (Å²) in [5.74, 6) is 0.849. The molecule has 2 fully saturated rings. The average molecular weight is 492 g/mol. The maximum Gasteiger partial charge on any atom is 0.264 e. The minimum atomic E-state index is -0.741. The fourth-order valence-electron chi connectivity index (χ4n) is 4.80. The molecule has 0 radical (unpaired) electrons. The molecule has 182 valence electrons. The third-order valence-electron chi connectivity index (χ3n) is 6.60. The molecule has 1 aromatic heterocycles. The Bertz CT molecular complexity index is 1320. The quantitative estimate of drug-likeness (QED) is 0.455. The molecule has 3 heterocycles. The number of hydrogen-bond donors (Lipinski definition) is 3. The molecule has 5 rings (SSSR count). The Labute approximate surface area is 207 Å². The van der Waals surface area contributed by atoms with Crippen LogP contribution in [0.5, 0.6) is 0 Å². The molecule has 2 amide bonds. The number of thioether (sulfide) groups is 1. The number of carbonyl (C=O) groups excluding carboxylic acids is 2. The molecule has 0 bridgehead atoms. The lowest BCUT2D eigenvalue weighted by atomic mass is 10.0. The molecule has 0 spiro atoms. The number of anilines is 1. The van der Waals surface area contributed by atoms with Gasteiger partial charge in [-0.25, -0.2) is 4.98 Å². The highest BCUT2D eigenvalue weighted by molar-refractivity contribution is 8.00. The lowest BCUT2D eigenvalue weighted by Gasteiger charge is -2.24. The summed E-state index contributed by atoms with van der Waals surface area (Å²) in [6.45, 7) is 4.42. The van der Waals surface area contributed by atoms with Crippen molar-refractivity contribution in [3.05, 3.63) is 69.8 Å². The van der Waals surface area contributed by atoms with Crippen LogP contribution in [0.1, 0.15) is 35.8 Å². The number of aromatic nitrogens is 2. The van der Waals surface area contributed by atoms with E-state index in [0.29, 0.717) is 34.2 Å². The first-order chi connectivity index (χ1) is 17.0. The van der Waals surface area contributed by atoms with E-state index in [-0.39, 0.29) is 24.3 Å². The van der Waals surface area contributed by atoms with E-state index in [2.05, 4.69) is 45.2 Å². The Morgan fingerprint density at radius 2 is 1.91 bits per heavy atom. The highest BCUT2D eigenvalue weighted by Crippen LogP contribution is 2.24. The van der Waals surface area contributed by atoms with Crippen molar-refractivity contribution >= 4 is 40.2 Å². The van der Waals surface area contributed by atoms with Crippen LogP contribution in [0.25, 0.3) is 10.9 Å². The molecular weight excluding hydrogens is 462 g/mol. The Balaban J connectivity index is 1.36. The molecule has 2 saturated heterocycles. The normalized spacial score (nSPS) is 20.6. The van der Waals surface area contributed by atoms with Gasteiger partial charge in [0.25, 0.3) is 5.56 Å². The van der Waals surface area contributed by atoms with Gasteiger partial charge in [-0.1, -0.05) is 30.3 Å². The van der Waals surface area contributed by atoms with Crippen molar-refractivity contribution in [3.8, 4) is 0 Å². The van der Waals surface area contributed by atoms with Gasteiger partial charge >= 0.3 is 0 Å². The first-order valence-corrected chi connectivity index (χ1v) is 13.0. The first kappa shape index (κ1) is 23.6. The van der Waals surface area contributed by atoms with Crippen LogP contribution in [0.4, 0.5) is 5.69 Å². The van der Waals surface area contributed by atoms with Gasteiger partial charge in [-0.05, 0) is 43.0 Å². The third-order valence-corrected chi connectivity index (χ3v) is 7.85. The third kappa shape index (κ3) is 5.11. The molecule has 35 heavy (non-hydrogen) atoms. The summed E-state index contributed by atoms with van der Waals surface area (Å²) in [6, 6.07) is 13.4. The molecule has 2 aromatic carbocycles. The summed E-state index contributed by atoms with van der Waals surface area (Å²) >= 11 is 2.03. The molecule has 2 atom stereocenters. The van der Waals surface area contributed by atoms with Crippen molar-refractivity contribution in [3.63, 3.8) is 0 Å². The van der Waals surface area contributed by atoms with Crippen LogP contribution in [0.3, 0.4) is 0 Å². The Morgan fingerprint density at radius 1 is 1.11 bits per heavy atom. The number of rotatable bonds is 6. The van der Waals surface area contributed by atoms with Crippen LogP contribution in [0.2, 0.25) is 0 Å². The summed E-state index contributed by atoms with van der Waals surface area (Å²) < 4.78 is 1.42. The molecule has 0 saturated carbocycles. The van der Waals surface area contributed by atoms with Crippen molar-refractivity contribution < 1.29 is 9.59 Å². The van der Waals surface area contributed by atoms with Gasteiger partial charge in [-0.3, -0.25) is 24.3 Å². The highest BCUT2D eigenvalue weighted by atomic mass is 32.2. The lowest BCUT2D eigenvalue weighted by molar-refractivity contribution is -0.135. The van der Waals surface area contributed by atoms with Gasteiger partial charge in [0.1, 0.15) is 11.9 Å². The number of benzene rings is 2. The second-order valence-corrected chi connectivity index (χ2v) is 10.5. The van der Waals surface area contributed by atoms with Gasteiger partial charge in [0, 0.05) is 42.7 Å². The number of imide groups is 1. The predicted molar refractivity (Wildman–Crippen MR) is 139 cm³/mol. The summed E-state index contributed by atoms with van der Waals surface area (Å²) in [7, 11) is 0. The van der Waals surface area contributed by atoms with Crippen molar-refractivity contribution in [2.45, 2.75) is 44.0 Å². The summed E-state index contributed by atoms with van der Waals surface area (Å²) in [6.07, 6.45) is 1.54. The summed E-state index contributed by atoms with van der Waals surface area (Å²) in [4.78, 5) is 42.2. The van der Waals surface area contributed by atoms with E-state index in [9.17, 15) is 14.4 Å². The van der Waals surface area contributed by atoms with Crippen molar-refractivity contribution in [2.75, 3.05) is 24.2 Å². The van der Waals surface area contributed by atoms with Crippen molar-refractivity contribution in [1.82, 2.24) is 20.2 Å². The molecule has 9 heteroatoms. The van der Waals surface area contributed by atoms with Gasteiger partial charge in [0.05, 0.1) is 10.9 Å². The molecule has 3 N–H and O–H groups in total. The van der Waals surface area contributed by atoms with Crippen LogP contribution < -0.4 is 21.5 Å². The Hall–Kier alpha value is -3.17. The van der Waals surface area contributed by atoms with Crippen molar-refractivity contribution in [2.24, 2.45) is 0 Å². The largest absolute Gasteiger partial charge is 0.380 e. The number of amides is 2. The Kier molecular flexibility index (Phi) is 6.88. The van der Waals surface area contributed by atoms with Gasteiger partial charge in [-0.2, -0.15) is 11.8 Å². The van der Waals surface area contributed by atoms with E-state index in [1.165, 1.54) is 10.1 Å². The molecule has 2 aliphatic rings. The lowest BCUT2D eigenvalue weighted by Crippen LogP contribution is -2.45. The Morgan fingerprint density at radius 3 is 2.66 bits per heavy atom. The number of aryl methyl sites for hydroxylation is 1. The minimum Gasteiger partial charge on any atom is -0.380 e. The minimum absolute atomic E-state index is 0.201. The second-order valence-electron chi connectivity index (χ2n) is 9.07. The number of piperidine rings is 1. The first-order valence-electron chi connectivity index (χ1n) is 12.0. The number of carbonyl (C=O) groups is 2. The summed E-state index contributed by atoms with van der Waals surface area (Å²) in [5.41, 5.74) is 3.42. The van der Waals surface area contributed by atoms with E-state index < -0.39 is 11.9 Å². The molecule has 0 aliphatic carbocycles. The maximum absolute atomic E-state index is 13.6. The molecule has 8 nitrogen and oxygen atoms in total. The highest BCUT2D eigenvalue weighted by Gasteiger charge is 2.30. The van der Waals surface area contributed by atoms with E-state index in [0.717, 1.165) is 30.8 Å². The second kappa shape index (κ2) is 10.2. The zero-order valence-corrected chi connectivity index (χ0v) is 20.5. The monoisotopic (exact) mass is 491 g/mol. The molecule has 2 aliphatic heterocycles. The number of fused-ring (bicyclic) bond motifs is 1. The molecule has 3 aromatic rings. The predicted octanol–water partition coefficient (Wildman–Crippen LogP) is 2.54. The molecular formula is C26H29N5O3S. The van der Waals surface area contributed by atoms with Crippen LogP contribution >= 0.6 is 11.8 Å². The van der Waals surface area contributed by atoms with E-state index in [1.54, 1.807) is 13.0 Å². The standard InChI is InChI=1S/C26H29N5O3S/c1-16-29-21-4-2-3-20(24(21)26(34)31(16)22-9-10-23(32)30-25(22)33)28-14-18-7-5-17(6-8-18)13-19-15-27-11-12-35-19/h2-8,19,22,27-28H,9-15H2,1H3,(H,30,32,33). The van der Waals surface area contributed by atoms with Gasteiger partial charge < -0.3 is 10.6 Å². The van der Waals surface area contributed by atoms with Gasteiger partial charge in [0.2, 0.25) is 11.8 Å². The molecule has 2 unspecified atom stereocenters. The van der Waals surface area contributed by atoms with Gasteiger partial charge in [0.15, 0.2) is 0 Å². The zero-order valence-electron chi connectivity index (χ0n) is 19.7. The topological polar surface area (TPSA) is 105 Å². The van der Waals surface area contributed by atoms with Crippen molar-refractivity contribution in [1.29, 1.82) is 0 Å². The number of nitrogens with zero attached hydrogens (tertiary/aromatic N) is 2.